The van der Waals surface area contributed by atoms with Crippen LogP contribution in [-0.2, 0) is 0 Å². The Labute approximate surface area is 104 Å². The van der Waals surface area contributed by atoms with E-state index >= 15 is 0 Å². The summed E-state index contributed by atoms with van der Waals surface area (Å²) in [4.78, 5) is 2.47. The molecule has 98 valence electrons. The fourth-order valence-corrected chi connectivity index (χ4v) is 3.79. The third-order valence-corrected chi connectivity index (χ3v) is 4.37. The summed E-state index contributed by atoms with van der Waals surface area (Å²) in [5.41, 5.74) is 5.80. The fourth-order valence-electron chi connectivity index (χ4n) is 3.79. The molecule has 3 N–H and O–H groups in total. The average molecular weight is 239 g/mol. The van der Waals surface area contributed by atoms with E-state index in [1.807, 2.05) is 0 Å². The molecule has 1 heterocycles. The molecule has 2 fully saturated rings. The zero-order valence-electron chi connectivity index (χ0n) is 11.0. The molecule has 0 aromatic carbocycles. The van der Waals surface area contributed by atoms with Gasteiger partial charge in [0.05, 0.1) is 6.04 Å². The van der Waals surface area contributed by atoms with Crippen molar-refractivity contribution in [2.24, 2.45) is 22.7 Å². The van der Waals surface area contributed by atoms with E-state index in [1.54, 1.807) is 0 Å². The third kappa shape index (κ3) is 2.73. The van der Waals surface area contributed by atoms with Crippen molar-refractivity contribution in [3.8, 4) is 0 Å². The molecule has 2 rings (SSSR count). The highest BCUT2D eigenvalue weighted by atomic mass is 16.4. The third-order valence-electron chi connectivity index (χ3n) is 4.37. The highest BCUT2D eigenvalue weighted by molar-refractivity contribution is 5.85. The molecule has 0 bridgehead atoms. The summed E-state index contributed by atoms with van der Waals surface area (Å²) in [5.74, 6) is 2.00. The van der Waals surface area contributed by atoms with Gasteiger partial charge < -0.3 is 10.9 Å². The smallest absolute Gasteiger partial charge is 0.156 e. The molecule has 1 aliphatic heterocycles. The lowest BCUT2D eigenvalue weighted by molar-refractivity contribution is 0.116. The monoisotopic (exact) mass is 239 g/mol. The second-order valence-corrected chi connectivity index (χ2v) is 5.99. The Kier molecular flexibility index (Phi) is 3.92. The Morgan fingerprint density at radius 2 is 1.88 bits per heavy atom. The zero-order valence-corrected chi connectivity index (χ0v) is 11.0. The standard InChI is InChI=1S/C13H25N3O/c1-9-6-10(2)8-11(7-9)16-5-3-4-12(16)13(14)15-17/h9-12,17H,3-8H2,1-2H3,(H2,14,15). The van der Waals surface area contributed by atoms with E-state index < -0.39 is 0 Å². The van der Waals surface area contributed by atoms with Gasteiger partial charge in [-0.3, -0.25) is 4.90 Å². The molecule has 4 heteroatoms. The molecule has 0 spiro atoms. The Morgan fingerprint density at radius 1 is 1.24 bits per heavy atom. The van der Waals surface area contributed by atoms with Crippen LogP contribution in [-0.4, -0.2) is 34.6 Å². The maximum absolute atomic E-state index is 8.85. The molecule has 2 aliphatic rings. The molecular formula is C13H25N3O. The normalized spacial score (nSPS) is 40.7. The molecule has 3 unspecified atom stereocenters. The Bertz CT molecular complexity index is 282. The largest absolute Gasteiger partial charge is 0.409 e. The number of rotatable bonds is 2. The first-order chi connectivity index (χ1) is 8.11. The maximum atomic E-state index is 8.85. The van der Waals surface area contributed by atoms with Crippen LogP contribution in [0.25, 0.3) is 0 Å². The van der Waals surface area contributed by atoms with Gasteiger partial charge in [0.1, 0.15) is 0 Å². The van der Waals surface area contributed by atoms with Crippen LogP contribution in [0.1, 0.15) is 46.0 Å². The number of oxime groups is 1. The molecule has 17 heavy (non-hydrogen) atoms. The quantitative estimate of drug-likeness (QED) is 0.335. The maximum Gasteiger partial charge on any atom is 0.156 e. The van der Waals surface area contributed by atoms with Gasteiger partial charge in [-0.05, 0) is 50.5 Å². The minimum Gasteiger partial charge on any atom is -0.409 e. The van der Waals surface area contributed by atoms with Crippen molar-refractivity contribution in [3.63, 3.8) is 0 Å². The lowest BCUT2D eigenvalue weighted by Crippen LogP contribution is -2.48. The lowest BCUT2D eigenvalue weighted by atomic mass is 9.79. The molecule has 3 atom stereocenters. The molecular weight excluding hydrogens is 214 g/mol. The molecule has 0 radical (unpaired) electrons. The first-order valence-electron chi connectivity index (χ1n) is 6.85. The second-order valence-electron chi connectivity index (χ2n) is 5.99. The van der Waals surface area contributed by atoms with Gasteiger partial charge in [0.25, 0.3) is 0 Å². The van der Waals surface area contributed by atoms with E-state index in [1.165, 1.54) is 25.7 Å². The molecule has 0 aromatic heterocycles. The minimum atomic E-state index is 0.169. The molecule has 1 saturated carbocycles. The SMILES string of the molecule is CC1CC(C)CC(N2CCCC2C(N)=NO)C1. The van der Waals surface area contributed by atoms with E-state index in [2.05, 4.69) is 23.9 Å². The van der Waals surface area contributed by atoms with Crippen molar-refractivity contribution < 1.29 is 5.21 Å². The topological polar surface area (TPSA) is 61.8 Å². The summed E-state index contributed by atoms with van der Waals surface area (Å²) in [6, 6.07) is 0.795. The summed E-state index contributed by atoms with van der Waals surface area (Å²) in [6.07, 6.45) is 6.08. The summed E-state index contributed by atoms with van der Waals surface area (Å²) >= 11 is 0. The minimum absolute atomic E-state index is 0.169. The number of amidine groups is 1. The van der Waals surface area contributed by atoms with Crippen molar-refractivity contribution in [2.75, 3.05) is 6.54 Å². The first-order valence-corrected chi connectivity index (χ1v) is 6.85. The highest BCUT2D eigenvalue weighted by Crippen LogP contribution is 2.34. The van der Waals surface area contributed by atoms with Crippen molar-refractivity contribution in [2.45, 2.75) is 58.0 Å². The average Bonchev–Trinajstić information content (AvgIpc) is 2.75. The summed E-state index contributed by atoms with van der Waals surface area (Å²) < 4.78 is 0. The van der Waals surface area contributed by atoms with E-state index in [-0.39, 0.29) is 6.04 Å². The van der Waals surface area contributed by atoms with Crippen molar-refractivity contribution in [1.82, 2.24) is 4.90 Å². The van der Waals surface area contributed by atoms with Crippen LogP contribution >= 0.6 is 0 Å². The predicted molar refractivity (Wildman–Crippen MR) is 69.1 cm³/mol. The number of hydrogen-bond acceptors (Lipinski definition) is 3. The van der Waals surface area contributed by atoms with E-state index in [0.29, 0.717) is 11.9 Å². The van der Waals surface area contributed by atoms with Crippen LogP contribution < -0.4 is 5.73 Å². The van der Waals surface area contributed by atoms with Crippen molar-refractivity contribution in [1.29, 1.82) is 0 Å². The lowest BCUT2D eigenvalue weighted by Gasteiger charge is -2.39. The van der Waals surface area contributed by atoms with Crippen molar-refractivity contribution >= 4 is 5.84 Å². The second kappa shape index (κ2) is 5.25. The van der Waals surface area contributed by atoms with Crippen LogP contribution in [0.4, 0.5) is 0 Å². The highest BCUT2D eigenvalue weighted by Gasteiger charge is 2.36. The summed E-state index contributed by atoms with van der Waals surface area (Å²) in [5, 5.41) is 12.1. The number of nitrogens with zero attached hydrogens (tertiary/aromatic N) is 2. The zero-order chi connectivity index (χ0) is 12.4. The Balaban J connectivity index is 2.05. The molecule has 0 amide bonds. The Morgan fingerprint density at radius 3 is 2.47 bits per heavy atom. The van der Waals surface area contributed by atoms with Gasteiger partial charge in [0, 0.05) is 6.04 Å². The number of hydrogen-bond donors (Lipinski definition) is 2. The van der Waals surface area contributed by atoms with Crippen LogP contribution in [0.3, 0.4) is 0 Å². The van der Waals surface area contributed by atoms with E-state index in [4.69, 9.17) is 10.9 Å². The Hall–Kier alpha value is -0.770. The van der Waals surface area contributed by atoms with Gasteiger partial charge in [-0.2, -0.15) is 0 Å². The van der Waals surface area contributed by atoms with Gasteiger partial charge in [-0.25, -0.2) is 0 Å². The summed E-state index contributed by atoms with van der Waals surface area (Å²) in [6.45, 7) is 5.79. The van der Waals surface area contributed by atoms with Crippen LogP contribution in [0, 0.1) is 11.8 Å². The summed E-state index contributed by atoms with van der Waals surface area (Å²) in [7, 11) is 0. The molecule has 0 aromatic rings. The molecule has 1 aliphatic carbocycles. The number of nitrogens with two attached hydrogens (primary N) is 1. The van der Waals surface area contributed by atoms with Gasteiger partial charge >= 0.3 is 0 Å². The number of likely N-dealkylation sites (tertiary alicyclic amines) is 1. The van der Waals surface area contributed by atoms with E-state index in [9.17, 15) is 0 Å². The fraction of sp³-hybridized carbons (Fsp3) is 0.923. The van der Waals surface area contributed by atoms with Gasteiger partial charge in [-0.1, -0.05) is 19.0 Å². The molecule has 1 saturated heterocycles. The van der Waals surface area contributed by atoms with Crippen LogP contribution in [0.5, 0.6) is 0 Å². The van der Waals surface area contributed by atoms with Gasteiger partial charge in [0.2, 0.25) is 0 Å². The van der Waals surface area contributed by atoms with E-state index in [0.717, 1.165) is 24.8 Å². The first kappa shape index (κ1) is 12.7. The molecule has 4 nitrogen and oxygen atoms in total. The predicted octanol–water partition coefficient (Wildman–Crippen LogP) is 2.02. The van der Waals surface area contributed by atoms with Gasteiger partial charge in [-0.15, -0.1) is 0 Å². The van der Waals surface area contributed by atoms with Gasteiger partial charge in [0.15, 0.2) is 5.84 Å². The van der Waals surface area contributed by atoms with Crippen molar-refractivity contribution in [3.05, 3.63) is 0 Å². The van der Waals surface area contributed by atoms with Crippen LogP contribution in [0.2, 0.25) is 0 Å². The van der Waals surface area contributed by atoms with Crippen LogP contribution in [0.15, 0.2) is 5.16 Å².